The molecule has 0 aliphatic carbocycles. The molecule has 1 aromatic rings. The molecule has 2 nitrogen and oxygen atoms in total. The second kappa shape index (κ2) is 7.90. The van der Waals surface area contributed by atoms with E-state index in [-0.39, 0.29) is 5.88 Å². The third-order valence-electron chi connectivity index (χ3n) is 1.11. The molecule has 0 aliphatic rings. The zero-order valence-corrected chi connectivity index (χ0v) is 8.42. The Kier molecular flexibility index (Phi) is 7.45. The lowest BCUT2D eigenvalue weighted by atomic mass is 10.2. The first-order chi connectivity index (χ1) is 6.20. The maximum absolute atomic E-state index is 9.24. The zero-order valence-electron chi connectivity index (χ0n) is 6.91. The van der Waals surface area contributed by atoms with Crippen molar-refractivity contribution in [1.29, 1.82) is 0 Å². The van der Waals surface area contributed by atoms with E-state index in [1.54, 1.807) is 0 Å². The van der Waals surface area contributed by atoms with Gasteiger partial charge in [0, 0.05) is 5.88 Å². The molecular weight excluding hydrogens is 211 g/mol. The highest BCUT2D eigenvalue weighted by Gasteiger charge is 1.83. The van der Waals surface area contributed by atoms with E-state index in [4.69, 9.17) is 28.3 Å². The maximum atomic E-state index is 9.24. The molecule has 0 saturated heterocycles. The number of hydrogen-bond donors (Lipinski definition) is 1. The highest BCUT2D eigenvalue weighted by atomic mass is 35.5. The summed E-state index contributed by atoms with van der Waals surface area (Å²) in [4.78, 5) is 9.24. The van der Waals surface area contributed by atoms with Crippen LogP contribution in [-0.2, 0) is 10.7 Å². The fourth-order valence-corrected chi connectivity index (χ4v) is 0.745. The number of carboxylic acids is 1. The predicted molar refractivity (Wildman–Crippen MR) is 54.4 cm³/mol. The van der Waals surface area contributed by atoms with Crippen LogP contribution in [0.4, 0.5) is 0 Å². The molecule has 4 heteroatoms. The second-order valence-corrected chi connectivity index (χ2v) is 2.68. The van der Waals surface area contributed by atoms with Crippen molar-refractivity contribution >= 4 is 29.2 Å². The Morgan fingerprint density at radius 2 is 1.69 bits per heavy atom. The Morgan fingerprint density at radius 1 is 1.23 bits per heavy atom. The van der Waals surface area contributed by atoms with Gasteiger partial charge in [-0.05, 0) is 5.56 Å². The van der Waals surface area contributed by atoms with Gasteiger partial charge in [0.1, 0.15) is 5.88 Å². The fourth-order valence-electron chi connectivity index (χ4n) is 0.567. The monoisotopic (exact) mass is 220 g/mol. The summed E-state index contributed by atoms with van der Waals surface area (Å²) in [5.74, 6) is -0.674. The number of benzene rings is 1. The fraction of sp³-hybridized carbons (Fsp3) is 0.222. The third-order valence-corrected chi connectivity index (χ3v) is 1.65. The number of rotatable bonds is 2. The summed E-state index contributed by atoms with van der Waals surface area (Å²) in [5, 5.41) is 7.59. The van der Waals surface area contributed by atoms with E-state index in [2.05, 4.69) is 0 Å². The summed E-state index contributed by atoms with van der Waals surface area (Å²) >= 11 is 10.3. The molecule has 0 bridgehead atoms. The number of halogens is 2. The van der Waals surface area contributed by atoms with Crippen molar-refractivity contribution in [3.63, 3.8) is 0 Å². The molecular formula is C9H10Cl2O2. The van der Waals surface area contributed by atoms with Gasteiger partial charge in [-0.15, -0.1) is 23.2 Å². The molecule has 0 heterocycles. The van der Waals surface area contributed by atoms with E-state index in [1.165, 1.54) is 5.56 Å². The van der Waals surface area contributed by atoms with Gasteiger partial charge in [-0.3, -0.25) is 4.79 Å². The van der Waals surface area contributed by atoms with Gasteiger partial charge in [0.05, 0.1) is 0 Å². The van der Waals surface area contributed by atoms with Gasteiger partial charge in [0.2, 0.25) is 0 Å². The van der Waals surface area contributed by atoms with Gasteiger partial charge >= 0.3 is 5.97 Å². The number of carboxylic acid groups (broad SMARTS) is 1. The number of aliphatic carboxylic acids is 1. The van der Waals surface area contributed by atoms with Crippen LogP contribution in [0.25, 0.3) is 0 Å². The molecule has 0 saturated carbocycles. The van der Waals surface area contributed by atoms with Crippen LogP contribution in [0.15, 0.2) is 30.3 Å². The predicted octanol–water partition coefficient (Wildman–Crippen LogP) is 2.74. The summed E-state index contributed by atoms with van der Waals surface area (Å²) in [6.07, 6.45) is 0. The molecule has 72 valence electrons. The summed E-state index contributed by atoms with van der Waals surface area (Å²) in [7, 11) is 0. The molecule has 13 heavy (non-hydrogen) atoms. The van der Waals surface area contributed by atoms with E-state index < -0.39 is 5.97 Å². The average molecular weight is 221 g/mol. The molecule has 1 aromatic carbocycles. The van der Waals surface area contributed by atoms with Crippen LogP contribution in [0.5, 0.6) is 0 Å². The van der Waals surface area contributed by atoms with Crippen molar-refractivity contribution in [3.05, 3.63) is 35.9 Å². The molecule has 0 spiro atoms. The Labute approximate surface area is 87.1 Å². The lowest BCUT2D eigenvalue weighted by molar-refractivity contribution is -0.134. The highest BCUT2D eigenvalue weighted by molar-refractivity contribution is 6.26. The molecule has 0 aromatic heterocycles. The van der Waals surface area contributed by atoms with Gasteiger partial charge < -0.3 is 5.11 Å². The molecule has 1 N–H and O–H groups in total. The second-order valence-electron chi connectivity index (χ2n) is 2.15. The van der Waals surface area contributed by atoms with Gasteiger partial charge in [-0.2, -0.15) is 0 Å². The quantitative estimate of drug-likeness (QED) is 0.779. The van der Waals surface area contributed by atoms with Crippen molar-refractivity contribution in [2.45, 2.75) is 5.88 Å². The molecule has 0 aliphatic heterocycles. The molecule has 0 amide bonds. The number of hydrogen-bond acceptors (Lipinski definition) is 1. The highest BCUT2D eigenvalue weighted by Crippen LogP contribution is 2.00. The van der Waals surface area contributed by atoms with E-state index in [0.717, 1.165) is 0 Å². The Hall–Kier alpha value is -0.730. The molecule has 0 atom stereocenters. The Morgan fingerprint density at radius 3 is 1.92 bits per heavy atom. The Bertz CT molecular complexity index is 237. The Balaban J connectivity index is 0.000000252. The van der Waals surface area contributed by atoms with Crippen LogP contribution in [0.3, 0.4) is 0 Å². The van der Waals surface area contributed by atoms with Crippen LogP contribution in [0, 0.1) is 0 Å². The van der Waals surface area contributed by atoms with Crippen molar-refractivity contribution < 1.29 is 9.90 Å². The largest absolute Gasteiger partial charge is 0.480 e. The van der Waals surface area contributed by atoms with E-state index in [0.29, 0.717) is 5.88 Å². The minimum absolute atomic E-state index is 0.306. The van der Waals surface area contributed by atoms with E-state index in [1.807, 2.05) is 30.3 Å². The van der Waals surface area contributed by atoms with Gasteiger partial charge in [-0.1, -0.05) is 30.3 Å². The average Bonchev–Trinajstić information content (AvgIpc) is 2.20. The normalized spacial score (nSPS) is 8.46. The number of carbonyl (C=O) groups is 1. The smallest absolute Gasteiger partial charge is 0.318 e. The lowest BCUT2D eigenvalue weighted by Gasteiger charge is -1.88. The van der Waals surface area contributed by atoms with Crippen LogP contribution in [0.2, 0.25) is 0 Å². The zero-order chi connectivity index (χ0) is 10.1. The third kappa shape index (κ3) is 7.62. The van der Waals surface area contributed by atoms with Crippen LogP contribution in [-0.4, -0.2) is 17.0 Å². The minimum atomic E-state index is -0.980. The summed E-state index contributed by atoms with van der Waals surface area (Å²) < 4.78 is 0. The summed E-state index contributed by atoms with van der Waals surface area (Å²) in [6, 6.07) is 9.96. The topological polar surface area (TPSA) is 37.3 Å². The summed E-state index contributed by atoms with van der Waals surface area (Å²) in [5.41, 5.74) is 1.18. The van der Waals surface area contributed by atoms with Crippen LogP contribution in [0.1, 0.15) is 5.56 Å². The van der Waals surface area contributed by atoms with Crippen molar-refractivity contribution in [3.8, 4) is 0 Å². The van der Waals surface area contributed by atoms with Gasteiger partial charge in [-0.25, -0.2) is 0 Å². The van der Waals surface area contributed by atoms with E-state index >= 15 is 0 Å². The SMILES string of the molecule is ClCc1ccccc1.O=C(O)CCl. The number of alkyl halides is 2. The van der Waals surface area contributed by atoms with Gasteiger partial charge in [0.25, 0.3) is 0 Å². The van der Waals surface area contributed by atoms with Crippen molar-refractivity contribution in [1.82, 2.24) is 0 Å². The molecule has 1 rings (SSSR count). The first-order valence-electron chi connectivity index (χ1n) is 3.58. The first kappa shape index (κ1) is 12.3. The van der Waals surface area contributed by atoms with Crippen LogP contribution < -0.4 is 0 Å². The molecule has 0 unspecified atom stereocenters. The van der Waals surface area contributed by atoms with Crippen molar-refractivity contribution in [2.24, 2.45) is 0 Å². The standard InChI is InChI=1S/C7H7Cl.C2H3ClO2/c8-6-7-4-2-1-3-5-7;3-1-2(4)5/h1-5H,6H2;1H2,(H,4,5). The molecule has 0 radical (unpaired) electrons. The lowest BCUT2D eigenvalue weighted by Crippen LogP contribution is -1.92. The van der Waals surface area contributed by atoms with E-state index in [9.17, 15) is 4.79 Å². The van der Waals surface area contributed by atoms with Crippen molar-refractivity contribution in [2.75, 3.05) is 5.88 Å². The molecule has 0 fully saturated rings. The van der Waals surface area contributed by atoms with Gasteiger partial charge in [0.15, 0.2) is 0 Å². The van der Waals surface area contributed by atoms with Crippen LogP contribution >= 0.6 is 23.2 Å². The maximum Gasteiger partial charge on any atom is 0.318 e. The first-order valence-corrected chi connectivity index (χ1v) is 4.65. The summed E-state index contributed by atoms with van der Waals surface area (Å²) in [6.45, 7) is 0. The minimum Gasteiger partial charge on any atom is -0.480 e.